The normalized spacial score (nSPS) is 17.8. The monoisotopic (exact) mass is 329 g/mol. The molecule has 2 heterocycles. The van der Waals surface area contributed by atoms with Crippen molar-refractivity contribution in [1.82, 2.24) is 15.0 Å². The summed E-state index contributed by atoms with van der Waals surface area (Å²) in [6.07, 6.45) is 2.88. The third-order valence-electron chi connectivity index (χ3n) is 4.21. The van der Waals surface area contributed by atoms with E-state index in [4.69, 9.17) is 9.26 Å². The molecule has 1 amide bonds. The van der Waals surface area contributed by atoms with E-state index in [0.29, 0.717) is 18.3 Å². The number of nitrogens with zero attached hydrogens (tertiary/aromatic N) is 3. The van der Waals surface area contributed by atoms with Crippen LogP contribution in [0.4, 0.5) is 0 Å². The Bertz CT molecular complexity index is 706. The third kappa shape index (κ3) is 3.75. The number of piperidine rings is 1. The molecule has 6 heteroatoms. The molecule has 6 nitrogen and oxygen atoms in total. The first-order valence-electron chi connectivity index (χ1n) is 8.34. The molecule has 0 aliphatic carbocycles. The van der Waals surface area contributed by atoms with E-state index in [0.717, 1.165) is 36.1 Å². The lowest BCUT2D eigenvalue weighted by Gasteiger charge is -2.33. The van der Waals surface area contributed by atoms with Gasteiger partial charge in [0, 0.05) is 6.54 Å². The fourth-order valence-electron chi connectivity index (χ4n) is 3.18. The summed E-state index contributed by atoms with van der Waals surface area (Å²) in [4.78, 5) is 18.7. The summed E-state index contributed by atoms with van der Waals surface area (Å²) >= 11 is 0. The number of amides is 1. The molecule has 0 unspecified atom stereocenters. The van der Waals surface area contributed by atoms with E-state index in [-0.39, 0.29) is 18.6 Å². The van der Waals surface area contributed by atoms with Crippen LogP contribution in [0.2, 0.25) is 0 Å². The van der Waals surface area contributed by atoms with Gasteiger partial charge in [0.05, 0.1) is 0 Å². The van der Waals surface area contributed by atoms with Crippen LogP contribution in [0.3, 0.4) is 0 Å². The number of likely N-dealkylation sites (tertiary alicyclic amines) is 1. The second kappa shape index (κ2) is 7.03. The quantitative estimate of drug-likeness (QED) is 0.862. The summed E-state index contributed by atoms with van der Waals surface area (Å²) in [6, 6.07) is 5.81. The lowest BCUT2D eigenvalue weighted by molar-refractivity contribution is -0.138. The van der Waals surface area contributed by atoms with Crippen LogP contribution < -0.4 is 4.74 Å². The van der Waals surface area contributed by atoms with Gasteiger partial charge in [-0.25, -0.2) is 0 Å². The molecule has 0 N–H and O–H groups in total. The smallest absolute Gasteiger partial charge is 0.261 e. The molecule has 2 aromatic rings. The largest absolute Gasteiger partial charge is 0.484 e. The van der Waals surface area contributed by atoms with Crippen molar-refractivity contribution < 1.29 is 14.1 Å². The molecule has 1 aromatic carbocycles. The maximum Gasteiger partial charge on any atom is 0.261 e. The molecule has 128 valence electrons. The number of benzene rings is 1. The number of ether oxygens (including phenoxy) is 1. The Morgan fingerprint density at radius 1 is 1.25 bits per heavy atom. The highest BCUT2D eigenvalue weighted by atomic mass is 16.5. The zero-order chi connectivity index (χ0) is 17.1. The summed E-state index contributed by atoms with van der Waals surface area (Å²) in [5.41, 5.74) is 2.24. The molecule has 0 saturated carbocycles. The van der Waals surface area contributed by atoms with Crippen molar-refractivity contribution in [2.24, 2.45) is 0 Å². The van der Waals surface area contributed by atoms with Crippen molar-refractivity contribution >= 4 is 5.91 Å². The Balaban J connectivity index is 1.68. The number of rotatable bonds is 4. The van der Waals surface area contributed by atoms with Crippen LogP contribution in [-0.2, 0) is 4.79 Å². The van der Waals surface area contributed by atoms with Gasteiger partial charge in [0.2, 0.25) is 5.89 Å². The van der Waals surface area contributed by atoms with E-state index in [1.807, 2.05) is 26.0 Å². The van der Waals surface area contributed by atoms with Gasteiger partial charge < -0.3 is 14.2 Å². The average Bonchev–Trinajstić information content (AvgIpc) is 2.98. The topological polar surface area (TPSA) is 68.5 Å². The molecule has 1 aliphatic heterocycles. The molecule has 0 spiro atoms. The highest BCUT2D eigenvalue weighted by Crippen LogP contribution is 2.30. The van der Waals surface area contributed by atoms with E-state index in [9.17, 15) is 4.79 Å². The summed E-state index contributed by atoms with van der Waals surface area (Å²) in [7, 11) is 0. The number of carbonyl (C=O) groups excluding carboxylic acids is 1. The predicted octanol–water partition coefficient (Wildman–Crippen LogP) is 3.13. The maximum atomic E-state index is 12.6. The van der Waals surface area contributed by atoms with Crippen LogP contribution >= 0.6 is 0 Å². The first-order valence-corrected chi connectivity index (χ1v) is 8.34. The second-order valence-corrected chi connectivity index (χ2v) is 6.39. The third-order valence-corrected chi connectivity index (χ3v) is 4.21. The number of aromatic nitrogens is 2. The van der Waals surface area contributed by atoms with Gasteiger partial charge in [0.15, 0.2) is 12.4 Å². The first-order chi connectivity index (χ1) is 11.5. The van der Waals surface area contributed by atoms with E-state index < -0.39 is 0 Å². The number of hydrogen-bond acceptors (Lipinski definition) is 5. The number of aryl methyl sites for hydroxylation is 3. The van der Waals surface area contributed by atoms with E-state index in [1.54, 1.807) is 11.8 Å². The predicted molar refractivity (Wildman–Crippen MR) is 88.8 cm³/mol. The number of hydrogen-bond donors (Lipinski definition) is 0. The highest BCUT2D eigenvalue weighted by molar-refractivity contribution is 5.78. The van der Waals surface area contributed by atoms with Crippen LogP contribution in [0.1, 0.15) is 48.1 Å². The van der Waals surface area contributed by atoms with Gasteiger partial charge in [0.25, 0.3) is 5.91 Å². The lowest BCUT2D eigenvalue weighted by atomic mass is 10.0. The second-order valence-electron chi connectivity index (χ2n) is 6.39. The Kier molecular flexibility index (Phi) is 4.83. The van der Waals surface area contributed by atoms with E-state index >= 15 is 0 Å². The Morgan fingerprint density at radius 3 is 2.67 bits per heavy atom. The van der Waals surface area contributed by atoms with Gasteiger partial charge in [-0.3, -0.25) is 4.79 Å². The van der Waals surface area contributed by atoms with Crippen molar-refractivity contribution in [3.05, 3.63) is 41.0 Å². The van der Waals surface area contributed by atoms with Gasteiger partial charge in [-0.1, -0.05) is 11.2 Å². The highest BCUT2D eigenvalue weighted by Gasteiger charge is 2.32. The Morgan fingerprint density at radius 2 is 2.00 bits per heavy atom. The van der Waals surface area contributed by atoms with Gasteiger partial charge in [-0.05, 0) is 63.3 Å². The van der Waals surface area contributed by atoms with Crippen LogP contribution in [0.15, 0.2) is 22.7 Å². The molecule has 1 aromatic heterocycles. The molecular weight excluding hydrogens is 306 g/mol. The SMILES string of the molecule is Cc1cc(C)cc(OCC(=O)N2CCCC[C@H]2c2nc(C)no2)c1. The zero-order valence-electron chi connectivity index (χ0n) is 14.4. The molecule has 1 saturated heterocycles. The molecular formula is C18H23N3O3. The summed E-state index contributed by atoms with van der Waals surface area (Å²) in [6.45, 7) is 6.53. The minimum Gasteiger partial charge on any atom is -0.484 e. The van der Waals surface area contributed by atoms with Gasteiger partial charge in [-0.2, -0.15) is 4.98 Å². The first kappa shape index (κ1) is 16.5. The standard InChI is InChI=1S/C18H23N3O3/c1-12-8-13(2)10-15(9-12)23-11-17(22)21-7-5-4-6-16(21)18-19-14(3)20-24-18/h8-10,16H,4-7,11H2,1-3H3/t16-/m0/s1. The molecule has 1 atom stereocenters. The van der Waals surface area contributed by atoms with Gasteiger partial charge in [0.1, 0.15) is 11.8 Å². The van der Waals surface area contributed by atoms with Crippen LogP contribution in [-0.4, -0.2) is 34.1 Å². The minimum atomic E-state index is -0.143. The van der Waals surface area contributed by atoms with Gasteiger partial charge in [-0.15, -0.1) is 0 Å². The van der Waals surface area contributed by atoms with Crippen LogP contribution in [0.25, 0.3) is 0 Å². The minimum absolute atomic E-state index is 0.0203. The molecule has 1 aliphatic rings. The van der Waals surface area contributed by atoms with Crippen molar-refractivity contribution in [3.63, 3.8) is 0 Å². The molecule has 24 heavy (non-hydrogen) atoms. The Hall–Kier alpha value is -2.37. The molecule has 1 fully saturated rings. The van der Waals surface area contributed by atoms with Gasteiger partial charge >= 0.3 is 0 Å². The fraction of sp³-hybridized carbons (Fsp3) is 0.500. The summed E-state index contributed by atoms with van der Waals surface area (Å²) < 4.78 is 11.0. The Labute approximate surface area is 141 Å². The molecule has 0 bridgehead atoms. The van der Waals surface area contributed by atoms with E-state index in [2.05, 4.69) is 16.2 Å². The molecule has 0 radical (unpaired) electrons. The van der Waals surface area contributed by atoms with Crippen LogP contribution in [0.5, 0.6) is 5.75 Å². The lowest BCUT2D eigenvalue weighted by Crippen LogP contribution is -2.41. The van der Waals surface area contributed by atoms with E-state index in [1.165, 1.54) is 0 Å². The van der Waals surface area contributed by atoms with Crippen molar-refractivity contribution in [2.45, 2.75) is 46.1 Å². The van der Waals surface area contributed by atoms with Crippen molar-refractivity contribution in [3.8, 4) is 5.75 Å². The maximum absolute atomic E-state index is 12.6. The van der Waals surface area contributed by atoms with Crippen LogP contribution in [0, 0.1) is 20.8 Å². The number of carbonyl (C=O) groups is 1. The van der Waals surface area contributed by atoms with Crippen molar-refractivity contribution in [1.29, 1.82) is 0 Å². The fourth-order valence-corrected chi connectivity index (χ4v) is 3.18. The summed E-state index contributed by atoms with van der Waals surface area (Å²) in [5.74, 6) is 1.79. The summed E-state index contributed by atoms with van der Waals surface area (Å²) in [5, 5.41) is 3.84. The zero-order valence-corrected chi connectivity index (χ0v) is 14.4. The van der Waals surface area contributed by atoms with Crippen molar-refractivity contribution in [2.75, 3.05) is 13.2 Å². The molecule has 3 rings (SSSR count). The average molecular weight is 329 g/mol.